The summed E-state index contributed by atoms with van der Waals surface area (Å²) < 4.78 is 27.4. The molecule has 0 spiro atoms. The van der Waals surface area contributed by atoms with E-state index in [-0.39, 0.29) is 21.4 Å². The van der Waals surface area contributed by atoms with Gasteiger partial charge in [-0.25, -0.2) is 8.42 Å². The van der Waals surface area contributed by atoms with E-state index in [1.165, 1.54) is 22.5 Å². The Labute approximate surface area is 198 Å². The van der Waals surface area contributed by atoms with Crippen LogP contribution < -0.4 is 5.32 Å². The van der Waals surface area contributed by atoms with Crippen molar-refractivity contribution in [3.8, 4) is 0 Å². The van der Waals surface area contributed by atoms with Gasteiger partial charge in [0, 0.05) is 36.2 Å². The van der Waals surface area contributed by atoms with Crippen LogP contribution in [0.3, 0.4) is 0 Å². The Morgan fingerprint density at radius 1 is 1.16 bits per heavy atom. The number of carbonyl (C=O) groups is 1. The lowest BCUT2D eigenvalue weighted by Crippen LogP contribution is -2.38. The summed E-state index contributed by atoms with van der Waals surface area (Å²) >= 11 is 13.9. The number of hydrogen-bond acceptors (Lipinski definition) is 4. The molecule has 31 heavy (non-hydrogen) atoms. The van der Waals surface area contributed by atoms with Gasteiger partial charge in [-0.05, 0) is 54.7 Å². The number of piperidine rings is 1. The van der Waals surface area contributed by atoms with E-state index >= 15 is 0 Å². The Balaban J connectivity index is 1.57. The number of hydrogen-bond donors (Lipinski definition) is 1. The number of carbonyl (C=O) groups excluding carboxylic acids is 1. The first-order valence-corrected chi connectivity index (χ1v) is 13.5. The molecule has 9 heteroatoms. The van der Waals surface area contributed by atoms with Gasteiger partial charge in [0.15, 0.2) is 0 Å². The summed E-state index contributed by atoms with van der Waals surface area (Å²) in [5.74, 6) is 1.64. The first-order valence-electron chi connectivity index (χ1n) is 10.2. The van der Waals surface area contributed by atoms with Crippen molar-refractivity contribution < 1.29 is 13.2 Å². The standard InChI is InChI=1S/C22H26Cl2N2O3S2/c1-16-7-10-26(11-8-16)31(28,29)19-5-6-21(24)20(14-19)22(27)25-9-12-30-15-17-3-2-4-18(23)13-17/h2-6,13-14,16H,7-12,15H2,1H3,(H,25,27). The number of sulfonamides is 1. The van der Waals surface area contributed by atoms with Crippen molar-refractivity contribution in [1.29, 1.82) is 0 Å². The molecule has 0 radical (unpaired) electrons. The number of benzene rings is 2. The molecule has 1 fully saturated rings. The van der Waals surface area contributed by atoms with Gasteiger partial charge in [-0.3, -0.25) is 4.79 Å². The highest BCUT2D eigenvalue weighted by Crippen LogP contribution is 2.26. The molecule has 2 aromatic carbocycles. The Hall–Kier alpha value is -1.25. The summed E-state index contributed by atoms with van der Waals surface area (Å²) in [7, 11) is -3.64. The monoisotopic (exact) mass is 500 g/mol. The van der Waals surface area contributed by atoms with Gasteiger partial charge in [0.05, 0.1) is 15.5 Å². The molecule has 3 rings (SSSR count). The summed E-state index contributed by atoms with van der Waals surface area (Å²) in [6.07, 6.45) is 1.68. The fourth-order valence-electron chi connectivity index (χ4n) is 3.36. The maximum absolute atomic E-state index is 13.0. The first-order chi connectivity index (χ1) is 14.8. The number of nitrogens with one attached hydrogen (secondary N) is 1. The average molecular weight is 502 g/mol. The highest BCUT2D eigenvalue weighted by molar-refractivity contribution is 7.98. The van der Waals surface area contributed by atoms with Crippen molar-refractivity contribution in [2.24, 2.45) is 5.92 Å². The minimum absolute atomic E-state index is 0.104. The molecule has 1 N–H and O–H groups in total. The second kappa shape index (κ2) is 11.1. The molecule has 1 saturated heterocycles. The fourth-order valence-corrected chi connectivity index (χ4v) is 6.08. The van der Waals surface area contributed by atoms with E-state index in [2.05, 4.69) is 12.2 Å². The first kappa shape index (κ1) is 24.4. The Morgan fingerprint density at radius 2 is 1.90 bits per heavy atom. The molecule has 0 saturated carbocycles. The van der Waals surface area contributed by atoms with Crippen LogP contribution >= 0.6 is 35.0 Å². The molecule has 0 aromatic heterocycles. The number of halogens is 2. The number of amides is 1. The van der Waals surface area contributed by atoms with Crippen LogP contribution in [0.5, 0.6) is 0 Å². The van der Waals surface area contributed by atoms with Gasteiger partial charge in [0.1, 0.15) is 0 Å². The smallest absolute Gasteiger partial charge is 0.252 e. The summed E-state index contributed by atoms with van der Waals surface area (Å²) in [6.45, 7) is 3.57. The predicted molar refractivity (Wildman–Crippen MR) is 129 cm³/mol. The van der Waals surface area contributed by atoms with Crippen molar-refractivity contribution in [2.45, 2.75) is 30.4 Å². The number of nitrogens with zero attached hydrogens (tertiary/aromatic N) is 1. The molecule has 0 unspecified atom stereocenters. The van der Waals surface area contributed by atoms with Crippen molar-refractivity contribution in [3.63, 3.8) is 0 Å². The van der Waals surface area contributed by atoms with Crippen LogP contribution in [-0.4, -0.2) is 44.0 Å². The van der Waals surface area contributed by atoms with Gasteiger partial charge in [0.25, 0.3) is 5.91 Å². The van der Waals surface area contributed by atoms with Crippen LogP contribution in [0.15, 0.2) is 47.4 Å². The SMILES string of the molecule is CC1CCN(S(=O)(=O)c2ccc(Cl)c(C(=O)NCCSCc3cccc(Cl)c3)c2)CC1. The molecule has 0 atom stereocenters. The van der Waals surface area contributed by atoms with Gasteiger partial charge in [-0.1, -0.05) is 42.3 Å². The Morgan fingerprint density at radius 3 is 2.61 bits per heavy atom. The minimum atomic E-state index is -3.64. The van der Waals surface area contributed by atoms with Crippen LogP contribution in [0.2, 0.25) is 10.0 Å². The summed E-state index contributed by atoms with van der Waals surface area (Å²) in [5.41, 5.74) is 1.30. The molecule has 1 amide bonds. The lowest BCUT2D eigenvalue weighted by atomic mass is 10.0. The van der Waals surface area contributed by atoms with Crippen molar-refractivity contribution >= 4 is 50.9 Å². The normalized spacial score (nSPS) is 15.7. The third-order valence-electron chi connectivity index (χ3n) is 5.25. The second-order valence-electron chi connectivity index (χ2n) is 7.67. The van der Waals surface area contributed by atoms with E-state index < -0.39 is 10.0 Å². The molecule has 1 aliphatic rings. The summed E-state index contributed by atoms with van der Waals surface area (Å²) in [6, 6.07) is 12.0. The molecular weight excluding hydrogens is 475 g/mol. The molecule has 1 aliphatic heterocycles. The van der Waals surface area contributed by atoms with E-state index in [0.29, 0.717) is 36.3 Å². The zero-order chi connectivity index (χ0) is 22.4. The largest absolute Gasteiger partial charge is 0.351 e. The van der Waals surface area contributed by atoms with E-state index in [9.17, 15) is 13.2 Å². The van der Waals surface area contributed by atoms with Crippen molar-refractivity contribution in [3.05, 3.63) is 63.6 Å². The van der Waals surface area contributed by atoms with Crippen molar-refractivity contribution in [1.82, 2.24) is 9.62 Å². The van der Waals surface area contributed by atoms with E-state index in [4.69, 9.17) is 23.2 Å². The minimum Gasteiger partial charge on any atom is -0.351 e. The van der Waals surface area contributed by atoms with Gasteiger partial charge < -0.3 is 5.32 Å². The number of thioether (sulfide) groups is 1. The molecule has 5 nitrogen and oxygen atoms in total. The van der Waals surface area contributed by atoms with Gasteiger partial charge >= 0.3 is 0 Å². The maximum atomic E-state index is 13.0. The fraction of sp³-hybridized carbons (Fsp3) is 0.409. The van der Waals surface area contributed by atoms with Crippen molar-refractivity contribution in [2.75, 3.05) is 25.4 Å². The van der Waals surface area contributed by atoms with Crippen LogP contribution in [0.4, 0.5) is 0 Å². The van der Waals surface area contributed by atoms with Crippen LogP contribution in [-0.2, 0) is 15.8 Å². The lowest BCUT2D eigenvalue weighted by molar-refractivity contribution is 0.0956. The molecule has 168 valence electrons. The highest BCUT2D eigenvalue weighted by atomic mass is 35.5. The van der Waals surface area contributed by atoms with E-state index in [0.717, 1.165) is 24.2 Å². The molecular formula is C22H26Cl2N2O3S2. The van der Waals surface area contributed by atoms with Gasteiger partial charge in [-0.2, -0.15) is 16.1 Å². The van der Waals surface area contributed by atoms with Crippen LogP contribution in [0.1, 0.15) is 35.7 Å². The quantitative estimate of drug-likeness (QED) is 0.513. The van der Waals surface area contributed by atoms with E-state index in [1.54, 1.807) is 11.8 Å². The summed E-state index contributed by atoms with van der Waals surface area (Å²) in [5, 5.41) is 3.76. The third kappa shape index (κ3) is 6.62. The molecule has 1 heterocycles. The van der Waals surface area contributed by atoms with Crippen LogP contribution in [0.25, 0.3) is 0 Å². The maximum Gasteiger partial charge on any atom is 0.252 e. The van der Waals surface area contributed by atoms with Gasteiger partial charge in [0.2, 0.25) is 10.0 Å². The molecule has 0 aliphatic carbocycles. The lowest BCUT2D eigenvalue weighted by Gasteiger charge is -2.29. The van der Waals surface area contributed by atoms with Crippen LogP contribution in [0, 0.1) is 5.92 Å². The second-order valence-corrected chi connectivity index (χ2v) is 11.6. The average Bonchev–Trinajstić information content (AvgIpc) is 2.74. The highest BCUT2D eigenvalue weighted by Gasteiger charge is 2.29. The Kier molecular flexibility index (Phi) is 8.70. The summed E-state index contributed by atoms with van der Waals surface area (Å²) in [4.78, 5) is 12.7. The van der Waals surface area contributed by atoms with Gasteiger partial charge in [-0.15, -0.1) is 0 Å². The molecule has 2 aromatic rings. The predicted octanol–water partition coefficient (Wildman–Crippen LogP) is 5.08. The zero-order valence-electron chi connectivity index (χ0n) is 17.3. The molecule has 0 bridgehead atoms. The number of rotatable bonds is 8. The zero-order valence-corrected chi connectivity index (χ0v) is 20.5. The Bertz CT molecular complexity index is 1020. The third-order valence-corrected chi connectivity index (χ3v) is 8.74. The topological polar surface area (TPSA) is 66.5 Å². The van der Waals surface area contributed by atoms with E-state index in [1.807, 2.05) is 24.3 Å².